The molecule has 0 bridgehead atoms. The van der Waals surface area contributed by atoms with Crippen LogP contribution in [-0.4, -0.2) is 21.3 Å². The second-order valence-electron chi connectivity index (χ2n) is 4.71. The van der Waals surface area contributed by atoms with Crippen LogP contribution in [0.2, 0.25) is 0 Å². The van der Waals surface area contributed by atoms with Gasteiger partial charge >= 0.3 is 0 Å². The first-order chi connectivity index (χ1) is 9.60. The highest BCUT2D eigenvalue weighted by atomic mass is 16.5. The molecule has 0 aliphatic heterocycles. The van der Waals surface area contributed by atoms with Gasteiger partial charge in [0.05, 0.1) is 21.3 Å². The van der Waals surface area contributed by atoms with Crippen LogP contribution in [0.4, 0.5) is 0 Å². The fourth-order valence-corrected chi connectivity index (χ4v) is 2.28. The molecule has 0 aliphatic carbocycles. The van der Waals surface area contributed by atoms with Gasteiger partial charge in [0.1, 0.15) is 17.2 Å². The molecule has 0 heterocycles. The summed E-state index contributed by atoms with van der Waals surface area (Å²) in [7, 11) is 5.01. The van der Waals surface area contributed by atoms with Crippen molar-refractivity contribution in [2.75, 3.05) is 21.3 Å². The second kappa shape index (κ2) is 5.87. The molecule has 2 aromatic carbocycles. The lowest BCUT2D eigenvalue weighted by molar-refractivity contribution is 0.389. The third-order valence-corrected chi connectivity index (χ3v) is 3.42. The molecule has 0 saturated carbocycles. The molecule has 0 radical (unpaired) electrons. The van der Waals surface area contributed by atoms with Crippen LogP contribution in [0.5, 0.6) is 17.2 Å². The third-order valence-electron chi connectivity index (χ3n) is 3.42. The van der Waals surface area contributed by atoms with E-state index in [9.17, 15) is 0 Å². The van der Waals surface area contributed by atoms with Crippen LogP contribution in [0.15, 0.2) is 30.3 Å². The van der Waals surface area contributed by atoms with Gasteiger partial charge in [-0.25, -0.2) is 0 Å². The smallest absolute Gasteiger partial charge is 0.126 e. The van der Waals surface area contributed by atoms with Crippen LogP contribution in [0.3, 0.4) is 0 Å². The monoisotopic (exact) mass is 272 g/mol. The van der Waals surface area contributed by atoms with E-state index in [0.717, 1.165) is 39.5 Å². The Kier molecular flexibility index (Phi) is 4.18. The first-order valence-corrected chi connectivity index (χ1v) is 6.48. The van der Waals surface area contributed by atoms with Gasteiger partial charge in [0.15, 0.2) is 0 Å². The average Bonchev–Trinajstić information content (AvgIpc) is 2.47. The first-order valence-electron chi connectivity index (χ1n) is 6.48. The summed E-state index contributed by atoms with van der Waals surface area (Å²) in [6.07, 6.45) is 0. The number of ether oxygens (including phenoxy) is 3. The Morgan fingerprint density at radius 2 is 1.25 bits per heavy atom. The average molecular weight is 272 g/mol. The van der Waals surface area contributed by atoms with Gasteiger partial charge in [0.2, 0.25) is 0 Å². The molecule has 2 rings (SSSR count). The molecule has 0 fully saturated rings. The van der Waals surface area contributed by atoms with Crippen LogP contribution in [-0.2, 0) is 0 Å². The number of rotatable bonds is 4. The number of benzene rings is 2. The number of methoxy groups -OCH3 is 3. The lowest BCUT2D eigenvalue weighted by Gasteiger charge is -2.15. The normalized spacial score (nSPS) is 10.2. The topological polar surface area (TPSA) is 27.7 Å². The van der Waals surface area contributed by atoms with Crippen LogP contribution >= 0.6 is 0 Å². The Morgan fingerprint density at radius 3 is 1.75 bits per heavy atom. The first kappa shape index (κ1) is 14.3. The molecule has 0 aromatic heterocycles. The molecule has 0 saturated heterocycles. The molecular formula is C17H20O3. The zero-order chi connectivity index (χ0) is 14.7. The SMILES string of the molecule is COc1cc(C)ccc1-c1cc(OC)c(C)c(OC)c1. The summed E-state index contributed by atoms with van der Waals surface area (Å²) in [4.78, 5) is 0. The van der Waals surface area contributed by atoms with E-state index in [-0.39, 0.29) is 0 Å². The van der Waals surface area contributed by atoms with Crippen LogP contribution in [0.1, 0.15) is 11.1 Å². The largest absolute Gasteiger partial charge is 0.496 e. The summed E-state index contributed by atoms with van der Waals surface area (Å²) in [5.74, 6) is 2.46. The van der Waals surface area contributed by atoms with Crippen LogP contribution < -0.4 is 14.2 Å². The van der Waals surface area contributed by atoms with E-state index in [1.54, 1.807) is 21.3 Å². The minimum Gasteiger partial charge on any atom is -0.496 e. The van der Waals surface area contributed by atoms with Crippen molar-refractivity contribution in [3.63, 3.8) is 0 Å². The van der Waals surface area contributed by atoms with Gasteiger partial charge in [-0.05, 0) is 43.2 Å². The molecule has 0 atom stereocenters. The maximum absolute atomic E-state index is 5.48. The molecular weight excluding hydrogens is 252 g/mol. The van der Waals surface area contributed by atoms with E-state index >= 15 is 0 Å². The number of hydrogen-bond donors (Lipinski definition) is 0. The Morgan fingerprint density at radius 1 is 0.700 bits per heavy atom. The Labute approximate surface area is 120 Å². The minimum atomic E-state index is 0.807. The zero-order valence-electron chi connectivity index (χ0n) is 12.6. The fraction of sp³-hybridized carbons (Fsp3) is 0.294. The molecule has 0 N–H and O–H groups in total. The molecule has 2 aromatic rings. The van der Waals surface area contributed by atoms with Gasteiger partial charge in [-0.3, -0.25) is 0 Å². The molecule has 106 valence electrons. The van der Waals surface area contributed by atoms with Crippen molar-refractivity contribution in [1.82, 2.24) is 0 Å². The third kappa shape index (κ3) is 2.57. The molecule has 0 unspecified atom stereocenters. The van der Waals surface area contributed by atoms with Crippen molar-refractivity contribution in [3.8, 4) is 28.4 Å². The van der Waals surface area contributed by atoms with E-state index < -0.39 is 0 Å². The van der Waals surface area contributed by atoms with Crippen LogP contribution in [0, 0.1) is 13.8 Å². The summed E-state index contributed by atoms with van der Waals surface area (Å²) in [5.41, 5.74) is 4.19. The molecule has 0 aliphatic rings. The standard InChI is InChI=1S/C17H20O3/c1-11-6-7-14(17(8-11)20-5)13-9-15(18-3)12(2)16(10-13)19-4/h6-10H,1-5H3. The number of aryl methyl sites for hydroxylation is 1. The van der Waals surface area contributed by atoms with Gasteiger partial charge in [0.25, 0.3) is 0 Å². The highest BCUT2D eigenvalue weighted by Gasteiger charge is 2.12. The van der Waals surface area contributed by atoms with Crippen molar-refractivity contribution >= 4 is 0 Å². The minimum absolute atomic E-state index is 0.807. The van der Waals surface area contributed by atoms with E-state index in [4.69, 9.17) is 14.2 Å². The lowest BCUT2D eigenvalue weighted by Crippen LogP contribution is -1.95. The summed E-state index contributed by atoms with van der Waals surface area (Å²) >= 11 is 0. The maximum Gasteiger partial charge on any atom is 0.126 e. The van der Waals surface area contributed by atoms with Gasteiger partial charge < -0.3 is 14.2 Å². The molecule has 3 nitrogen and oxygen atoms in total. The molecule has 20 heavy (non-hydrogen) atoms. The second-order valence-corrected chi connectivity index (χ2v) is 4.71. The van der Waals surface area contributed by atoms with E-state index in [2.05, 4.69) is 12.1 Å². The van der Waals surface area contributed by atoms with Crippen LogP contribution in [0.25, 0.3) is 11.1 Å². The van der Waals surface area contributed by atoms with Crippen molar-refractivity contribution in [1.29, 1.82) is 0 Å². The van der Waals surface area contributed by atoms with Gasteiger partial charge in [-0.15, -0.1) is 0 Å². The lowest BCUT2D eigenvalue weighted by atomic mass is 10.0. The Balaban J connectivity index is 2.63. The number of hydrogen-bond acceptors (Lipinski definition) is 3. The Hall–Kier alpha value is -2.16. The van der Waals surface area contributed by atoms with E-state index in [0.29, 0.717) is 0 Å². The van der Waals surface area contributed by atoms with Gasteiger partial charge in [-0.1, -0.05) is 12.1 Å². The van der Waals surface area contributed by atoms with Gasteiger partial charge in [-0.2, -0.15) is 0 Å². The summed E-state index contributed by atoms with van der Waals surface area (Å²) in [5, 5.41) is 0. The highest BCUT2D eigenvalue weighted by molar-refractivity contribution is 5.74. The van der Waals surface area contributed by atoms with Crippen molar-refractivity contribution in [2.45, 2.75) is 13.8 Å². The summed E-state index contributed by atoms with van der Waals surface area (Å²) in [6, 6.07) is 10.2. The molecule has 0 amide bonds. The Bertz CT molecular complexity index is 593. The fourth-order valence-electron chi connectivity index (χ4n) is 2.28. The predicted octanol–water partition coefficient (Wildman–Crippen LogP) is 4.00. The summed E-state index contributed by atoms with van der Waals surface area (Å²) in [6.45, 7) is 4.02. The molecule has 0 spiro atoms. The molecule has 3 heteroatoms. The zero-order valence-corrected chi connectivity index (χ0v) is 12.6. The quantitative estimate of drug-likeness (QED) is 0.842. The van der Waals surface area contributed by atoms with E-state index in [1.807, 2.05) is 32.0 Å². The maximum atomic E-state index is 5.48. The summed E-state index contributed by atoms with van der Waals surface area (Å²) < 4.78 is 16.3. The van der Waals surface area contributed by atoms with Gasteiger partial charge in [0, 0.05) is 11.1 Å². The highest BCUT2D eigenvalue weighted by Crippen LogP contribution is 2.38. The van der Waals surface area contributed by atoms with Crippen molar-refractivity contribution in [2.24, 2.45) is 0 Å². The predicted molar refractivity (Wildman–Crippen MR) is 81.0 cm³/mol. The van der Waals surface area contributed by atoms with Crippen molar-refractivity contribution in [3.05, 3.63) is 41.5 Å². The van der Waals surface area contributed by atoms with Crippen molar-refractivity contribution < 1.29 is 14.2 Å². The van der Waals surface area contributed by atoms with E-state index in [1.165, 1.54) is 0 Å².